The van der Waals surface area contributed by atoms with Gasteiger partial charge in [0.25, 0.3) is 0 Å². The molecule has 0 spiro atoms. The van der Waals surface area contributed by atoms with E-state index in [2.05, 4.69) is 127 Å². The minimum Gasteiger partial charge on any atom is -0.207 e. The Morgan fingerprint density at radius 1 is 0.511 bits per heavy atom. The minimum absolute atomic E-state index is 0.204. The van der Waals surface area contributed by atoms with Crippen molar-refractivity contribution in [2.45, 2.75) is 114 Å². The van der Waals surface area contributed by atoms with Gasteiger partial charge in [-0.3, -0.25) is 0 Å². The van der Waals surface area contributed by atoms with Gasteiger partial charge in [-0.05, 0) is 113 Å². The van der Waals surface area contributed by atoms with Crippen LogP contribution in [0, 0.1) is 28.7 Å². The fourth-order valence-corrected chi connectivity index (χ4v) is 20.3. The Balaban J connectivity index is 1.63. The van der Waals surface area contributed by atoms with Crippen LogP contribution in [0.4, 0.5) is 4.39 Å². The summed E-state index contributed by atoms with van der Waals surface area (Å²) in [6.45, 7) is 19.3. The minimum atomic E-state index is -1.92. The highest BCUT2D eigenvalue weighted by molar-refractivity contribution is 6.92. The molecule has 47 heavy (non-hydrogen) atoms. The van der Waals surface area contributed by atoms with Crippen molar-refractivity contribution in [2.75, 3.05) is 0 Å². The van der Waals surface area contributed by atoms with Gasteiger partial charge in [-0.2, -0.15) is 0 Å². The van der Waals surface area contributed by atoms with Crippen molar-refractivity contribution in [3.05, 3.63) is 83.7 Å². The number of halogens is 1. The van der Waals surface area contributed by atoms with E-state index >= 15 is 0 Å². The second kappa shape index (κ2) is 11.9. The lowest BCUT2D eigenvalue weighted by molar-refractivity contribution is 0.630. The van der Waals surface area contributed by atoms with Crippen molar-refractivity contribution in [1.82, 2.24) is 0 Å². The molecule has 2 aliphatic rings. The van der Waals surface area contributed by atoms with Gasteiger partial charge >= 0.3 is 0 Å². The highest BCUT2D eigenvalue weighted by atomic mass is 28.3. The molecule has 2 saturated carbocycles. The Morgan fingerprint density at radius 2 is 0.872 bits per heavy atom. The molecule has 0 N–H and O–H groups in total. The summed E-state index contributed by atoms with van der Waals surface area (Å²) < 4.78 is 14.7. The van der Waals surface area contributed by atoms with Gasteiger partial charge in [0.2, 0.25) is 0 Å². The lowest BCUT2D eigenvalue weighted by Crippen LogP contribution is -2.40. The Kier molecular flexibility index (Phi) is 8.18. The maximum absolute atomic E-state index is 14.7. The van der Waals surface area contributed by atoms with Gasteiger partial charge in [-0.1, -0.05) is 123 Å². The molecule has 0 aromatic heterocycles. The predicted molar refractivity (Wildman–Crippen MR) is 208 cm³/mol. The summed E-state index contributed by atoms with van der Waals surface area (Å²) in [7, 11) is -3.82. The standard InChI is InChI=1S/C44H49FSi2/c1-28(2)46(29(3)4,37-15-16-37)21-19-39-41-24-32-11-9-10-12-33(32)25-42(41)40(20-22-47(30(5)6,31(7)8)38-17-18-38)44-27-35-23-36(45)14-13-34(35)26-43(39)44/h9-14,23-31,37-38H,15-18H2,1-8H3. The van der Waals surface area contributed by atoms with Crippen molar-refractivity contribution in [3.8, 4) is 22.9 Å². The van der Waals surface area contributed by atoms with E-state index < -0.39 is 16.1 Å². The summed E-state index contributed by atoms with van der Waals surface area (Å²) >= 11 is 0. The molecule has 0 saturated heterocycles. The summed E-state index contributed by atoms with van der Waals surface area (Å²) in [5.74, 6) is 7.70. The topological polar surface area (TPSA) is 0 Å². The molecule has 5 aromatic rings. The highest BCUT2D eigenvalue weighted by Crippen LogP contribution is 2.55. The molecule has 0 heterocycles. The molecular weight excluding hydrogens is 604 g/mol. The van der Waals surface area contributed by atoms with Crippen molar-refractivity contribution >= 4 is 59.2 Å². The van der Waals surface area contributed by atoms with Gasteiger partial charge in [0.1, 0.15) is 22.0 Å². The molecule has 2 aliphatic carbocycles. The van der Waals surface area contributed by atoms with E-state index in [1.54, 1.807) is 12.1 Å². The second-order valence-corrected chi connectivity index (χ2v) is 26.4. The summed E-state index contributed by atoms with van der Waals surface area (Å²) in [6.07, 6.45) is 5.29. The molecule has 0 bridgehead atoms. The van der Waals surface area contributed by atoms with E-state index in [4.69, 9.17) is 0 Å². The monoisotopic (exact) mass is 652 g/mol. The first-order chi connectivity index (χ1) is 22.5. The molecule has 7 rings (SSSR count). The fourth-order valence-electron chi connectivity index (χ4n) is 9.36. The summed E-state index contributed by atoms with van der Waals surface area (Å²) in [4.78, 5) is 0. The summed E-state index contributed by atoms with van der Waals surface area (Å²) in [6, 6.07) is 23.1. The van der Waals surface area contributed by atoms with Crippen LogP contribution in [0.2, 0.25) is 33.2 Å². The van der Waals surface area contributed by atoms with Gasteiger partial charge in [-0.15, -0.1) is 11.1 Å². The largest absolute Gasteiger partial charge is 0.207 e. The van der Waals surface area contributed by atoms with Gasteiger partial charge in [0, 0.05) is 11.1 Å². The second-order valence-electron chi connectivity index (χ2n) is 15.9. The molecule has 3 heteroatoms. The molecule has 0 aliphatic heterocycles. The third kappa shape index (κ3) is 5.35. The van der Waals surface area contributed by atoms with Crippen molar-refractivity contribution in [3.63, 3.8) is 0 Å². The van der Waals surface area contributed by atoms with Gasteiger partial charge in [-0.25, -0.2) is 4.39 Å². The number of hydrogen-bond acceptors (Lipinski definition) is 0. The molecule has 240 valence electrons. The Labute approximate surface area is 283 Å². The smallest absolute Gasteiger partial charge is 0.147 e. The van der Waals surface area contributed by atoms with E-state index in [-0.39, 0.29) is 5.82 Å². The van der Waals surface area contributed by atoms with Crippen LogP contribution in [0.25, 0.3) is 43.1 Å². The first-order valence-corrected chi connectivity index (χ1v) is 22.5. The van der Waals surface area contributed by atoms with E-state index in [0.717, 1.165) is 43.8 Å². The Morgan fingerprint density at radius 3 is 1.23 bits per heavy atom. The van der Waals surface area contributed by atoms with Gasteiger partial charge in [0.15, 0.2) is 0 Å². The molecule has 0 amide bonds. The highest BCUT2D eigenvalue weighted by Gasteiger charge is 2.52. The number of rotatable bonds is 6. The predicted octanol–water partition coefficient (Wildman–Crippen LogP) is 13.1. The molecule has 2 fully saturated rings. The normalized spacial score (nSPS) is 15.7. The average molecular weight is 653 g/mol. The first kappa shape index (κ1) is 32.2. The maximum atomic E-state index is 14.7. The summed E-state index contributed by atoms with van der Waals surface area (Å²) in [5, 5.41) is 9.07. The third-order valence-electron chi connectivity index (χ3n) is 12.0. The Bertz CT molecular complexity index is 2130. The lowest BCUT2D eigenvalue weighted by atomic mass is 9.89. The molecule has 0 radical (unpaired) electrons. The first-order valence-electron chi connectivity index (χ1n) is 18.0. The molecule has 0 unspecified atom stereocenters. The maximum Gasteiger partial charge on any atom is 0.147 e. The van der Waals surface area contributed by atoms with Crippen molar-refractivity contribution in [2.24, 2.45) is 0 Å². The number of hydrogen-bond donors (Lipinski definition) is 0. The van der Waals surface area contributed by atoms with Crippen LogP contribution >= 0.6 is 0 Å². The van der Waals surface area contributed by atoms with Crippen LogP contribution in [0.5, 0.6) is 0 Å². The third-order valence-corrected chi connectivity index (χ3v) is 24.7. The van der Waals surface area contributed by atoms with Crippen LogP contribution in [-0.4, -0.2) is 16.1 Å². The number of benzene rings is 5. The van der Waals surface area contributed by atoms with Crippen LogP contribution in [0.1, 0.15) is 92.2 Å². The molecule has 0 atom stereocenters. The quantitative estimate of drug-likeness (QED) is 0.0973. The SMILES string of the molecule is CC(C)[Si](C#Cc1c2cc3ccccc3cc2c(C#C[Si](C(C)C)(C(C)C)C2CC2)c2cc3cc(F)ccc3cc12)(C(C)C)C1CC1. The molecule has 5 aromatic carbocycles. The van der Waals surface area contributed by atoms with E-state index in [1.165, 1.54) is 47.2 Å². The van der Waals surface area contributed by atoms with Gasteiger partial charge in [0.05, 0.1) is 0 Å². The average Bonchev–Trinajstić information content (AvgIpc) is 3.95. The Hall–Kier alpha value is -3.38. The zero-order valence-corrected chi connectivity index (χ0v) is 31.5. The van der Waals surface area contributed by atoms with E-state index in [9.17, 15) is 4.39 Å². The van der Waals surface area contributed by atoms with Crippen LogP contribution in [0.3, 0.4) is 0 Å². The molecular formula is C44H49FSi2. The zero-order chi connectivity index (χ0) is 33.2. The van der Waals surface area contributed by atoms with Crippen LogP contribution < -0.4 is 0 Å². The van der Waals surface area contributed by atoms with Gasteiger partial charge < -0.3 is 0 Å². The van der Waals surface area contributed by atoms with E-state index in [1.807, 2.05) is 6.07 Å². The summed E-state index contributed by atoms with van der Waals surface area (Å²) in [5.41, 5.74) is 14.4. The number of fused-ring (bicyclic) bond motifs is 4. The van der Waals surface area contributed by atoms with Crippen LogP contribution in [-0.2, 0) is 0 Å². The zero-order valence-electron chi connectivity index (χ0n) is 29.5. The molecule has 0 nitrogen and oxygen atoms in total. The van der Waals surface area contributed by atoms with Crippen LogP contribution in [0.15, 0.2) is 66.7 Å². The van der Waals surface area contributed by atoms with Crippen molar-refractivity contribution in [1.29, 1.82) is 0 Å². The lowest BCUT2D eigenvalue weighted by Gasteiger charge is -2.34. The van der Waals surface area contributed by atoms with E-state index in [0.29, 0.717) is 22.2 Å². The van der Waals surface area contributed by atoms with Crippen molar-refractivity contribution < 1.29 is 4.39 Å². The fraction of sp³-hybridized carbons (Fsp3) is 0.409.